The predicted molar refractivity (Wildman–Crippen MR) is 97.3 cm³/mol. The van der Waals surface area contributed by atoms with Crippen LogP contribution in [0.2, 0.25) is 0 Å². The molecule has 1 aliphatic heterocycles. The standard InChI is InChI=1S/C19H22N4O2/c20-18-7-6-16(19(21)22-18)17-10-14(23-25-17)8-13-2-1-3-15(9-13)24-11-12-4-5-12/h1-3,6-7,9,12,17H,4-5,8,10-11H2,(H4,20,21,22). The maximum absolute atomic E-state index is 5.94. The summed E-state index contributed by atoms with van der Waals surface area (Å²) < 4.78 is 5.84. The third-order valence-electron chi connectivity index (χ3n) is 4.55. The Balaban J connectivity index is 1.38. The van der Waals surface area contributed by atoms with Crippen molar-refractivity contribution in [3.8, 4) is 5.75 Å². The molecule has 0 amide bonds. The Hall–Kier alpha value is -2.76. The third-order valence-corrected chi connectivity index (χ3v) is 4.55. The number of nitrogens with two attached hydrogens (primary N) is 2. The first-order valence-corrected chi connectivity index (χ1v) is 8.62. The summed E-state index contributed by atoms with van der Waals surface area (Å²) in [6.07, 6.45) is 3.82. The first kappa shape index (κ1) is 15.7. The average Bonchev–Trinajstić information content (AvgIpc) is 3.32. The second-order valence-corrected chi connectivity index (χ2v) is 6.74. The molecule has 2 aliphatic rings. The first-order chi connectivity index (χ1) is 12.2. The highest BCUT2D eigenvalue weighted by Gasteiger charge is 2.25. The zero-order valence-electron chi connectivity index (χ0n) is 14.0. The molecule has 2 heterocycles. The predicted octanol–water partition coefficient (Wildman–Crippen LogP) is 3.09. The molecule has 0 spiro atoms. The summed E-state index contributed by atoms with van der Waals surface area (Å²) in [5.41, 5.74) is 14.6. The Kier molecular flexibility index (Phi) is 4.17. The molecule has 6 nitrogen and oxygen atoms in total. The molecule has 1 saturated carbocycles. The van der Waals surface area contributed by atoms with E-state index < -0.39 is 0 Å². The molecule has 1 aromatic carbocycles. The molecule has 1 unspecified atom stereocenters. The lowest BCUT2D eigenvalue weighted by Crippen LogP contribution is -2.07. The number of ether oxygens (including phenoxy) is 1. The number of hydrogen-bond acceptors (Lipinski definition) is 6. The summed E-state index contributed by atoms with van der Waals surface area (Å²) in [6.45, 7) is 0.818. The van der Waals surface area contributed by atoms with Crippen molar-refractivity contribution in [2.45, 2.75) is 31.8 Å². The zero-order chi connectivity index (χ0) is 17.2. The van der Waals surface area contributed by atoms with Crippen molar-refractivity contribution in [3.05, 3.63) is 47.5 Å². The van der Waals surface area contributed by atoms with Crippen LogP contribution in [0.25, 0.3) is 0 Å². The average molecular weight is 338 g/mol. The van der Waals surface area contributed by atoms with Crippen LogP contribution >= 0.6 is 0 Å². The normalized spacial score (nSPS) is 19.4. The van der Waals surface area contributed by atoms with E-state index in [1.54, 1.807) is 6.07 Å². The fraction of sp³-hybridized carbons (Fsp3) is 0.368. The SMILES string of the molecule is Nc1ccc(C2CC(Cc3cccc(OCC4CC4)c3)=NO2)c(N)n1. The Bertz CT molecular complexity index is 802. The van der Waals surface area contributed by atoms with Crippen molar-refractivity contribution in [1.82, 2.24) is 4.98 Å². The quantitative estimate of drug-likeness (QED) is 0.844. The van der Waals surface area contributed by atoms with Gasteiger partial charge in [0.1, 0.15) is 17.4 Å². The van der Waals surface area contributed by atoms with Gasteiger partial charge >= 0.3 is 0 Å². The van der Waals surface area contributed by atoms with Gasteiger partial charge in [0.2, 0.25) is 0 Å². The highest BCUT2D eigenvalue weighted by atomic mass is 16.6. The molecule has 1 fully saturated rings. The third kappa shape index (κ3) is 3.84. The second-order valence-electron chi connectivity index (χ2n) is 6.74. The molecular weight excluding hydrogens is 316 g/mol. The van der Waals surface area contributed by atoms with E-state index in [0.717, 1.165) is 36.0 Å². The maximum atomic E-state index is 5.94. The van der Waals surface area contributed by atoms with Gasteiger partial charge in [-0.2, -0.15) is 0 Å². The van der Waals surface area contributed by atoms with E-state index in [2.05, 4.69) is 22.3 Å². The molecule has 25 heavy (non-hydrogen) atoms. The first-order valence-electron chi connectivity index (χ1n) is 8.62. The number of nitrogens with zero attached hydrogens (tertiary/aromatic N) is 2. The van der Waals surface area contributed by atoms with E-state index in [-0.39, 0.29) is 6.10 Å². The van der Waals surface area contributed by atoms with Gasteiger partial charge < -0.3 is 21.0 Å². The molecule has 4 rings (SSSR count). The van der Waals surface area contributed by atoms with Crippen LogP contribution in [-0.4, -0.2) is 17.3 Å². The molecule has 1 atom stereocenters. The number of oxime groups is 1. The van der Waals surface area contributed by atoms with Gasteiger partial charge in [-0.3, -0.25) is 0 Å². The molecule has 0 saturated heterocycles. The van der Waals surface area contributed by atoms with Crippen molar-refractivity contribution in [2.75, 3.05) is 18.1 Å². The van der Waals surface area contributed by atoms with Crippen LogP contribution in [0, 0.1) is 5.92 Å². The molecule has 6 heteroatoms. The summed E-state index contributed by atoms with van der Waals surface area (Å²) >= 11 is 0. The number of benzene rings is 1. The molecule has 130 valence electrons. The highest BCUT2D eigenvalue weighted by molar-refractivity contribution is 5.87. The smallest absolute Gasteiger partial charge is 0.161 e. The van der Waals surface area contributed by atoms with Gasteiger partial charge in [-0.25, -0.2) is 4.98 Å². The van der Waals surface area contributed by atoms with Gasteiger partial charge in [-0.15, -0.1) is 0 Å². The second kappa shape index (κ2) is 6.63. The van der Waals surface area contributed by atoms with Crippen LogP contribution in [0.3, 0.4) is 0 Å². The monoisotopic (exact) mass is 338 g/mol. The summed E-state index contributed by atoms with van der Waals surface area (Å²) in [4.78, 5) is 9.64. The van der Waals surface area contributed by atoms with Gasteiger partial charge in [0.05, 0.1) is 12.3 Å². The van der Waals surface area contributed by atoms with Crippen molar-refractivity contribution < 1.29 is 9.57 Å². The van der Waals surface area contributed by atoms with Crippen LogP contribution in [0.4, 0.5) is 11.6 Å². The molecule has 1 aromatic heterocycles. The number of rotatable bonds is 6. The number of aromatic nitrogens is 1. The summed E-state index contributed by atoms with van der Waals surface area (Å²) in [5, 5.41) is 4.23. The minimum absolute atomic E-state index is 0.197. The van der Waals surface area contributed by atoms with Crippen LogP contribution < -0.4 is 16.2 Å². The number of pyridine rings is 1. The van der Waals surface area contributed by atoms with Crippen LogP contribution in [0.5, 0.6) is 5.75 Å². The molecule has 0 radical (unpaired) electrons. The van der Waals surface area contributed by atoms with Gasteiger partial charge in [0, 0.05) is 18.4 Å². The zero-order valence-corrected chi connectivity index (χ0v) is 14.0. The number of hydrogen-bond donors (Lipinski definition) is 2. The fourth-order valence-electron chi connectivity index (χ4n) is 2.95. The minimum Gasteiger partial charge on any atom is -0.493 e. The maximum Gasteiger partial charge on any atom is 0.161 e. The van der Waals surface area contributed by atoms with E-state index in [1.807, 2.05) is 18.2 Å². The summed E-state index contributed by atoms with van der Waals surface area (Å²) in [7, 11) is 0. The van der Waals surface area contributed by atoms with Crippen LogP contribution in [0.15, 0.2) is 41.6 Å². The van der Waals surface area contributed by atoms with E-state index in [4.69, 9.17) is 21.0 Å². The summed E-state index contributed by atoms with van der Waals surface area (Å²) in [6, 6.07) is 11.8. The van der Waals surface area contributed by atoms with E-state index in [9.17, 15) is 0 Å². The Labute approximate surface area is 146 Å². The summed E-state index contributed by atoms with van der Waals surface area (Å²) in [5.74, 6) is 2.48. The largest absolute Gasteiger partial charge is 0.493 e. The van der Waals surface area contributed by atoms with Crippen LogP contribution in [0.1, 0.15) is 36.5 Å². The van der Waals surface area contributed by atoms with Crippen LogP contribution in [-0.2, 0) is 11.3 Å². The lowest BCUT2D eigenvalue weighted by atomic mass is 10.0. The number of nitrogen functional groups attached to an aromatic ring is 2. The highest BCUT2D eigenvalue weighted by Crippen LogP contribution is 2.32. The molecular formula is C19H22N4O2. The fourth-order valence-corrected chi connectivity index (χ4v) is 2.95. The van der Waals surface area contributed by atoms with Gasteiger partial charge in [0.15, 0.2) is 6.10 Å². The Morgan fingerprint density at radius 2 is 2.04 bits per heavy atom. The Morgan fingerprint density at radius 1 is 1.16 bits per heavy atom. The van der Waals surface area contributed by atoms with Crippen molar-refractivity contribution in [1.29, 1.82) is 0 Å². The van der Waals surface area contributed by atoms with E-state index in [1.165, 1.54) is 18.4 Å². The molecule has 4 N–H and O–H groups in total. The van der Waals surface area contributed by atoms with Gasteiger partial charge in [0.25, 0.3) is 0 Å². The molecule has 2 aromatic rings. The van der Waals surface area contributed by atoms with Crippen molar-refractivity contribution in [2.24, 2.45) is 11.1 Å². The lowest BCUT2D eigenvalue weighted by Gasteiger charge is -2.11. The number of anilines is 2. The van der Waals surface area contributed by atoms with Gasteiger partial charge in [-0.1, -0.05) is 17.3 Å². The Morgan fingerprint density at radius 3 is 2.84 bits per heavy atom. The van der Waals surface area contributed by atoms with Crippen molar-refractivity contribution in [3.63, 3.8) is 0 Å². The lowest BCUT2D eigenvalue weighted by molar-refractivity contribution is 0.0860. The molecule has 0 bridgehead atoms. The van der Waals surface area contributed by atoms with Gasteiger partial charge in [-0.05, 0) is 48.6 Å². The minimum atomic E-state index is -0.197. The van der Waals surface area contributed by atoms with Crippen molar-refractivity contribution >= 4 is 17.3 Å². The van der Waals surface area contributed by atoms with E-state index in [0.29, 0.717) is 18.1 Å². The van der Waals surface area contributed by atoms with E-state index >= 15 is 0 Å². The molecule has 1 aliphatic carbocycles. The topological polar surface area (TPSA) is 95.8 Å².